The molecule has 0 radical (unpaired) electrons. The maximum absolute atomic E-state index is 9.02. The highest BCUT2D eigenvalue weighted by atomic mass is 32.1. The fourth-order valence-electron chi connectivity index (χ4n) is 1.27. The van der Waals surface area contributed by atoms with Crippen molar-refractivity contribution in [2.24, 2.45) is 0 Å². The molecule has 0 aliphatic heterocycles. The van der Waals surface area contributed by atoms with Gasteiger partial charge in [-0.25, -0.2) is 0 Å². The number of thiophene rings is 1. The molecule has 2 aromatic rings. The largest absolute Gasteiger partial charge is 0.489 e. The average molecular weight is 193 g/mol. The molecule has 66 valence electrons. The summed E-state index contributed by atoms with van der Waals surface area (Å²) in [7, 11) is -1.42. The molecule has 0 saturated heterocycles. The molecule has 0 fully saturated rings. The molecule has 4 N–H and O–H groups in total. The molecule has 1 heterocycles. The monoisotopic (exact) mass is 193 g/mol. The van der Waals surface area contributed by atoms with Gasteiger partial charge < -0.3 is 15.8 Å². The van der Waals surface area contributed by atoms with Crippen molar-refractivity contribution in [3.63, 3.8) is 0 Å². The number of rotatable bonds is 1. The van der Waals surface area contributed by atoms with Crippen LogP contribution >= 0.6 is 11.3 Å². The van der Waals surface area contributed by atoms with E-state index in [2.05, 4.69) is 0 Å². The van der Waals surface area contributed by atoms with Crippen molar-refractivity contribution >= 4 is 39.7 Å². The summed E-state index contributed by atoms with van der Waals surface area (Å²) >= 11 is 1.48. The van der Waals surface area contributed by atoms with Gasteiger partial charge in [-0.1, -0.05) is 0 Å². The Bertz CT molecular complexity index is 441. The van der Waals surface area contributed by atoms with Crippen molar-refractivity contribution in [2.45, 2.75) is 0 Å². The molecule has 0 aliphatic rings. The van der Waals surface area contributed by atoms with Gasteiger partial charge in [0.2, 0.25) is 0 Å². The molecule has 3 nitrogen and oxygen atoms in total. The van der Waals surface area contributed by atoms with Gasteiger partial charge in [-0.15, -0.1) is 11.3 Å². The van der Waals surface area contributed by atoms with Crippen molar-refractivity contribution < 1.29 is 10.0 Å². The lowest BCUT2D eigenvalue weighted by Gasteiger charge is -1.97. The standard InChI is InChI=1S/C8H8BNO2S/c10-5-1-2-8-6(3-5)7(4-13-8)9(11)12/h1-4,11-12H,10H2. The Hall–Kier alpha value is -1.04. The molecule has 0 unspecified atom stereocenters. The Morgan fingerprint density at radius 2 is 2.08 bits per heavy atom. The predicted molar refractivity (Wildman–Crippen MR) is 56.1 cm³/mol. The summed E-state index contributed by atoms with van der Waals surface area (Å²) in [6.45, 7) is 0. The van der Waals surface area contributed by atoms with E-state index in [9.17, 15) is 0 Å². The summed E-state index contributed by atoms with van der Waals surface area (Å²) in [6, 6.07) is 5.42. The van der Waals surface area contributed by atoms with Crippen LogP contribution in [0.15, 0.2) is 23.6 Å². The minimum absolute atomic E-state index is 0.521. The Kier molecular flexibility index (Phi) is 1.99. The van der Waals surface area contributed by atoms with E-state index < -0.39 is 7.12 Å². The molecule has 1 aromatic carbocycles. The molecule has 5 heteroatoms. The highest BCUT2D eigenvalue weighted by Crippen LogP contribution is 2.21. The van der Waals surface area contributed by atoms with Crippen molar-refractivity contribution in [3.8, 4) is 0 Å². The molecule has 0 aliphatic carbocycles. The molecule has 0 amide bonds. The zero-order valence-corrected chi connectivity index (χ0v) is 7.58. The quantitative estimate of drug-likeness (QED) is 0.446. The van der Waals surface area contributed by atoms with Crippen LogP contribution in [0.3, 0.4) is 0 Å². The maximum Gasteiger partial charge on any atom is 0.489 e. The van der Waals surface area contributed by atoms with Gasteiger partial charge in [0, 0.05) is 15.9 Å². The van der Waals surface area contributed by atoms with Gasteiger partial charge in [0.05, 0.1) is 0 Å². The summed E-state index contributed by atoms with van der Waals surface area (Å²) < 4.78 is 1.01. The molecule has 0 saturated carbocycles. The fourth-order valence-corrected chi connectivity index (χ4v) is 2.22. The minimum Gasteiger partial charge on any atom is -0.423 e. The first-order valence-corrected chi connectivity index (χ1v) is 4.69. The highest BCUT2D eigenvalue weighted by Gasteiger charge is 2.15. The van der Waals surface area contributed by atoms with Crippen molar-refractivity contribution in [3.05, 3.63) is 23.6 Å². The lowest BCUT2D eigenvalue weighted by molar-refractivity contribution is 0.426. The number of hydrogen-bond acceptors (Lipinski definition) is 4. The van der Waals surface area contributed by atoms with Crippen LogP contribution in [0.2, 0.25) is 0 Å². The van der Waals surface area contributed by atoms with E-state index in [1.54, 1.807) is 17.5 Å². The molecule has 0 spiro atoms. The van der Waals surface area contributed by atoms with Crippen molar-refractivity contribution in [2.75, 3.05) is 5.73 Å². The smallest absolute Gasteiger partial charge is 0.423 e. The fraction of sp³-hybridized carbons (Fsp3) is 0. The second kappa shape index (κ2) is 3.03. The van der Waals surface area contributed by atoms with Crippen LogP contribution in [0.4, 0.5) is 5.69 Å². The van der Waals surface area contributed by atoms with Gasteiger partial charge >= 0.3 is 7.12 Å². The third-order valence-corrected chi connectivity index (χ3v) is 2.89. The van der Waals surface area contributed by atoms with Gasteiger partial charge in [-0.2, -0.15) is 0 Å². The summed E-state index contributed by atoms with van der Waals surface area (Å²) in [6.07, 6.45) is 0. The normalized spacial score (nSPS) is 10.6. The van der Waals surface area contributed by atoms with Gasteiger partial charge in [0.1, 0.15) is 0 Å². The van der Waals surface area contributed by atoms with Gasteiger partial charge in [-0.05, 0) is 29.0 Å². The Morgan fingerprint density at radius 3 is 2.77 bits per heavy atom. The summed E-state index contributed by atoms with van der Waals surface area (Å²) in [4.78, 5) is 0. The second-order valence-corrected chi connectivity index (χ2v) is 3.73. The lowest BCUT2D eigenvalue weighted by Crippen LogP contribution is -2.28. The first-order valence-electron chi connectivity index (χ1n) is 3.81. The van der Waals surface area contributed by atoms with Crippen LogP contribution in [-0.2, 0) is 0 Å². The van der Waals surface area contributed by atoms with Crippen LogP contribution in [0.5, 0.6) is 0 Å². The molecule has 13 heavy (non-hydrogen) atoms. The van der Waals surface area contributed by atoms with E-state index in [-0.39, 0.29) is 0 Å². The maximum atomic E-state index is 9.02. The van der Waals surface area contributed by atoms with E-state index in [1.165, 1.54) is 11.3 Å². The van der Waals surface area contributed by atoms with E-state index in [0.29, 0.717) is 11.2 Å². The van der Waals surface area contributed by atoms with E-state index in [4.69, 9.17) is 15.8 Å². The summed E-state index contributed by atoms with van der Waals surface area (Å²) in [5.74, 6) is 0. The van der Waals surface area contributed by atoms with E-state index in [1.807, 2.05) is 6.07 Å². The highest BCUT2D eigenvalue weighted by molar-refractivity contribution is 7.18. The number of nitrogen functional groups attached to an aromatic ring is 1. The molecule has 2 rings (SSSR count). The van der Waals surface area contributed by atoms with Gasteiger partial charge in [-0.3, -0.25) is 0 Å². The number of nitrogens with two attached hydrogens (primary N) is 1. The van der Waals surface area contributed by atoms with Crippen molar-refractivity contribution in [1.82, 2.24) is 0 Å². The number of benzene rings is 1. The zero-order valence-electron chi connectivity index (χ0n) is 6.77. The van der Waals surface area contributed by atoms with Crippen LogP contribution in [0, 0.1) is 0 Å². The van der Waals surface area contributed by atoms with Gasteiger partial charge in [0.25, 0.3) is 0 Å². The van der Waals surface area contributed by atoms with Crippen molar-refractivity contribution in [1.29, 1.82) is 0 Å². The third kappa shape index (κ3) is 1.41. The lowest BCUT2D eigenvalue weighted by atomic mass is 9.80. The van der Waals surface area contributed by atoms with Crippen LogP contribution in [0.25, 0.3) is 10.1 Å². The van der Waals surface area contributed by atoms with Gasteiger partial charge in [0.15, 0.2) is 0 Å². The summed E-state index contributed by atoms with van der Waals surface area (Å²) in [5.41, 5.74) is 6.75. The minimum atomic E-state index is -1.42. The van der Waals surface area contributed by atoms with E-state index >= 15 is 0 Å². The molecule has 1 aromatic heterocycles. The molecular weight excluding hydrogens is 185 g/mol. The number of fused-ring (bicyclic) bond motifs is 1. The third-order valence-electron chi connectivity index (χ3n) is 1.91. The first-order chi connectivity index (χ1) is 6.18. The summed E-state index contributed by atoms with van der Waals surface area (Å²) in [5, 5.41) is 20.6. The Balaban J connectivity index is 2.71. The molecule has 0 bridgehead atoms. The van der Waals surface area contributed by atoms with Crippen LogP contribution in [0.1, 0.15) is 0 Å². The molecular formula is C8H8BNO2S. The van der Waals surface area contributed by atoms with Crippen LogP contribution in [-0.4, -0.2) is 17.2 Å². The topological polar surface area (TPSA) is 66.5 Å². The number of anilines is 1. The number of hydrogen-bond donors (Lipinski definition) is 3. The second-order valence-electron chi connectivity index (χ2n) is 2.82. The molecule has 0 atom stereocenters. The zero-order chi connectivity index (χ0) is 9.42. The first kappa shape index (κ1) is 8.56. The SMILES string of the molecule is Nc1ccc2scc(B(O)O)c2c1. The van der Waals surface area contributed by atoms with Crippen LogP contribution < -0.4 is 11.2 Å². The van der Waals surface area contributed by atoms with E-state index in [0.717, 1.165) is 10.1 Å². The Morgan fingerprint density at radius 1 is 1.31 bits per heavy atom. The Labute approximate surface area is 79.6 Å². The predicted octanol–water partition coefficient (Wildman–Crippen LogP) is 0.163. The average Bonchev–Trinajstić information content (AvgIpc) is 2.46.